The number of nitrogens with one attached hydrogen (secondary N) is 2. The molecule has 0 saturated carbocycles. The van der Waals surface area contributed by atoms with Crippen LogP contribution in [0.5, 0.6) is 0 Å². The summed E-state index contributed by atoms with van der Waals surface area (Å²) in [4.78, 5) is 0. The second-order valence-corrected chi connectivity index (χ2v) is 3.20. The third kappa shape index (κ3) is 16.4. The van der Waals surface area contributed by atoms with Crippen molar-refractivity contribution in [3.8, 4) is 0 Å². The largest absolute Gasteiger partial charge is 0.394 e. The van der Waals surface area contributed by atoms with Crippen molar-refractivity contribution in [3.63, 3.8) is 0 Å². The van der Waals surface area contributed by atoms with E-state index in [0.29, 0.717) is 0 Å². The van der Waals surface area contributed by atoms with E-state index >= 15 is 0 Å². The fourth-order valence-corrected chi connectivity index (χ4v) is 0.765. The maximum atomic E-state index is 8.74. The SMILES string of the molecule is C1CNCCNC1.O=S(=O)(O)O. The van der Waals surface area contributed by atoms with Gasteiger partial charge in [-0.2, -0.15) is 8.42 Å². The molecule has 7 heteroatoms. The van der Waals surface area contributed by atoms with Crippen LogP contribution in [0.1, 0.15) is 6.42 Å². The predicted octanol–water partition coefficient (Wildman–Crippen LogP) is -1.08. The molecule has 0 aromatic rings. The molecule has 1 heterocycles. The number of hydrogen-bond acceptors (Lipinski definition) is 4. The standard InChI is InChI=1S/C5H12N2.H2O4S/c1-2-6-4-5-7-3-1;1-5(2,3)4/h6-7H,1-5H2;(H2,1,2,3,4). The Kier molecular flexibility index (Phi) is 6.21. The quantitative estimate of drug-likeness (QED) is 0.369. The molecule has 1 fully saturated rings. The highest BCUT2D eigenvalue weighted by molar-refractivity contribution is 7.79. The Morgan fingerprint density at radius 3 is 1.58 bits per heavy atom. The lowest BCUT2D eigenvalue weighted by atomic mass is 10.4. The zero-order chi connectivity index (χ0) is 9.45. The summed E-state index contributed by atoms with van der Waals surface area (Å²) < 4.78 is 31.6. The van der Waals surface area contributed by atoms with Crippen molar-refractivity contribution < 1.29 is 17.5 Å². The molecule has 0 atom stereocenters. The zero-order valence-electron chi connectivity index (χ0n) is 6.65. The minimum absolute atomic E-state index is 1.14. The van der Waals surface area contributed by atoms with Gasteiger partial charge in [-0.25, -0.2) is 0 Å². The van der Waals surface area contributed by atoms with Gasteiger partial charge in [0.2, 0.25) is 0 Å². The van der Waals surface area contributed by atoms with E-state index in [0.717, 1.165) is 13.1 Å². The molecule has 0 unspecified atom stereocenters. The summed E-state index contributed by atoms with van der Waals surface area (Å²) in [5, 5.41) is 6.57. The first-order chi connectivity index (χ1) is 5.50. The zero-order valence-corrected chi connectivity index (χ0v) is 7.47. The van der Waals surface area contributed by atoms with Crippen molar-refractivity contribution in [2.45, 2.75) is 6.42 Å². The number of hydrogen-bond donors (Lipinski definition) is 4. The average molecular weight is 198 g/mol. The highest BCUT2D eigenvalue weighted by Gasteiger charge is 1.92. The average Bonchev–Trinajstić information content (AvgIpc) is 2.10. The summed E-state index contributed by atoms with van der Waals surface area (Å²) in [6.45, 7) is 4.65. The van der Waals surface area contributed by atoms with Gasteiger partial charge in [0.25, 0.3) is 0 Å². The summed E-state index contributed by atoms with van der Waals surface area (Å²) in [6.07, 6.45) is 1.28. The van der Waals surface area contributed by atoms with Crippen LogP contribution in [0.3, 0.4) is 0 Å². The van der Waals surface area contributed by atoms with Gasteiger partial charge in [-0.3, -0.25) is 9.11 Å². The topological polar surface area (TPSA) is 98.7 Å². The molecule has 0 spiro atoms. The van der Waals surface area contributed by atoms with Gasteiger partial charge in [0, 0.05) is 13.1 Å². The van der Waals surface area contributed by atoms with E-state index in [1.807, 2.05) is 0 Å². The first-order valence-electron chi connectivity index (χ1n) is 3.61. The molecule has 0 bridgehead atoms. The summed E-state index contributed by atoms with van der Waals surface area (Å²) >= 11 is 0. The lowest BCUT2D eigenvalue weighted by Crippen LogP contribution is -2.21. The lowest BCUT2D eigenvalue weighted by molar-refractivity contribution is 0.381. The maximum absolute atomic E-state index is 8.74. The van der Waals surface area contributed by atoms with Crippen molar-refractivity contribution in [1.29, 1.82) is 0 Å². The van der Waals surface area contributed by atoms with Crippen LogP contribution in [0.15, 0.2) is 0 Å². The van der Waals surface area contributed by atoms with Crippen molar-refractivity contribution in [3.05, 3.63) is 0 Å². The Balaban J connectivity index is 0.000000217. The number of rotatable bonds is 0. The Morgan fingerprint density at radius 1 is 0.917 bits per heavy atom. The van der Waals surface area contributed by atoms with Gasteiger partial charge in [0.15, 0.2) is 0 Å². The van der Waals surface area contributed by atoms with Crippen LogP contribution in [0.25, 0.3) is 0 Å². The van der Waals surface area contributed by atoms with Crippen molar-refractivity contribution in [2.24, 2.45) is 0 Å². The minimum Gasteiger partial charge on any atom is -0.315 e. The van der Waals surface area contributed by atoms with Crippen LogP contribution in [-0.4, -0.2) is 43.7 Å². The van der Waals surface area contributed by atoms with Gasteiger partial charge in [0.05, 0.1) is 0 Å². The summed E-state index contributed by atoms with van der Waals surface area (Å²) in [5.41, 5.74) is 0. The second kappa shape index (κ2) is 6.32. The fraction of sp³-hybridized carbons (Fsp3) is 1.00. The van der Waals surface area contributed by atoms with E-state index in [4.69, 9.17) is 17.5 Å². The Labute approximate surface area is 71.9 Å². The predicted molar refractivity (Wildman–Crippen MR) is 44.5 cm³/mol. The van der Waals surface area contributed by atoms with E-state index in [1.54, 1.807) is 0 Å². The van der Waals surface area contributed by atoms with Crippen molar-refractivity contribution in [2.75, 3.05) is 26.2 Å². The van der Waals surface area contributed by atoms with E-state index in [-0.39, 0.29) is 0 Å². The van der Waals surface area contributed by atoms with Gasteiger partial charge in [0.1, 0.15) is 0 Å². The Hall–Kier alpha value is -0.210. The van der Waals surface area contributed by atoms with E-state index in [2.05, 4.69) is 10.6 Å². The molecule has 1 aliphatic rings. The Morgan fingerprint density at radius 2 is 1.25 bits per heavy atom. The van der Waals surface area contributed by atoms with Crippen molar-refractivity contribution in [1.82, 2.24) is 10.6 Å². The highest BCUT2D eigenvalue weighted by Crippen LogP contribution is 1.75. The summed E-state index contributed by atoms with van der Waals surface area (Å²) in [7, 11) is -4.67. The summed E-state index contributed by atoms with van der Waals surface area (Å²) in [5.74, 6) is 0. The third-order valence-electron chi connectivity index (χ3n) is 1.19. The van der Waals surface area contributed by atoms with Crippen LogP contribution >= 0.6 is 0 Å². The molecule has 74 valence electrons. The molecule has 0 aliphatic carbocycles. The van der Waals surface area contributed by atoms with Gasteiger partial charge in [-0.1, -0.05) is 0 Å². The molecule has 6 nitrogen and oxygen atoms in total. The third-order valence-corrected chi connectivity index (χ3v) is 1.19. The van der Waals surface area contributed by atoms with Gasteiger partial charge >= 0.3 is 10.4 Å². The normalized spacial score (nSPS) is 18.8. The van der Waals surface area contributed by atoms with Gasteiger partial charge in [-0.15, -0.1) is 0 Å². The molecule has 1 rings (SSSR count). The Bertz CT molecular complexity index is 164. The van der Waals surface area contributed by atoms with E-state index in [9.17, 15) is 0 Å². The van der Waals surface area contributed by atoms with Crippen LogP contribution in [-0.2, 0) is 10.4 Å². The van der Waals surface area contributed by atoms with Gasteiger partial charge < -0.3 is 10.6 Å². The summed E-state index contributed by atoms with van der Waals surface area (Å²) in [6, 6.07) is 0. The molecule has 0 aromatic heterocycles. The molecular weight excluding hydrogens is 184 g/mol. The van der Waals surface area contributed by atoms with Crippen LogP contribution < -0.4 is 10.6 Å². The monoisotopic (exact) mass is 198 g/mol. The van der Waals surface area contributed by atoms with E-state index in [1.165, 1.54) is 19.5 Å². The highest BCUT2D eigenvalue weighted by atomic mass is 32.3. The molecule has 0 aromatic carbocycles. The minimum atomic E-state index is -4.67. The van der Waals surface area contributed by atoms with E-state index < -0.39 is 10.4 Å². The van der Waals surface area contributed by atoms with Crippen LogP contribution in [0.4, 0.5) is 0 Å². The molecule has 0 amide bonds. The molecular formula is C5H14N2O4S. The van der Waals surface area contributed by atoms with Crippen LogP contribution in [0.2, 0.25) is 0 Å². The molecule has 12 heavy (non-hydrogen) atoms. The smallest absolute Gasteiger partial charge is 0.315 e. The maximum Gasteiger partial charge on any atom is 0.394 e. The first-order valence-corrected chi connectivity index (χ1v) is 5.01. The molecule has 1 aliphatic heterocycles. The fourth-order valence-electron chi connectivity index (χ4n) is 0.765. The first kappa shape index (κ1) is 11.8. The molecule has 4 N–H and O–H groups in total. The van der Waals surface area contributed by atoms with Gasteiger partial charge in [-0.05, 0) is 19.5 Å². The molecule has 1 saturated heterocycles. The molecule has 0 radical (unpaired) electrons. The van der Waals surface area contributed by atoms with Crippen molar-refractivity contribution >= 4 is 10.4 Å². The van der Waals surface area contributed by atoms with Crippen LogP contribution in [0, 0.1) is 0 Å². The lowest BCUT2D eigenvalue weighted by Gasteiger charge is -1.92. The second-order valence-electron chi connectivity index (χ2n) is 2.30.